The van der Waals surface area contributed by atoms with E-state index >= 15 is 0 Å². The molecule has 8 rings (SSSR count). The highest BCUT2D eigenvalue weighted by Crippen LogP contribution is 2.57. The lowest BCUT2D eigenvalue weighted by atomic mass is 9.61. The Labute approximate surface area is 261 Å². The minimum absolute atomic E-state index is 0.0434. The van der Waals surface area contributed by atoms with E-state index in [4.69, 9.17) is 33.9 Å². The number of aromatic nitrogens is 5. The molecule has 12 nitrogen and oxygen atoms in total. The second-order valence-electron chi connectivity index (χ2n) is 13.6. The molecule has 4 fully saturated rings. The van der Waals surface area contributed by atoms with Crippen molar-refractivity contribution in [2.24, 2.45) is 7.05 Å². The van der Waals surface area contributed by atoms with Crippen LogP contribution in [0.3, 0.4) is 0 Å². The normalized spacial score (nSPS) is 28.8. The molecule has 45 heavy (non-hydrogen) atoms. The van der Waals surface area contributed by atoms with E-state index in [1.165, 1.54) is 9.13 Å². The van der Waals surface area contributed by atoms with E-state index in [2.05, 4.69) is 18.5 Å². The Morgan fingerprint density at radius 3 is 2.53 bits per heavy atom. The second kappa shape index (κ2) is 10.9. The van der Waals surface area contributed by atoms with Crippen LogP contribution >= 0.6 is 0 Å². The largest absolute Gasteiger partial charge is 0.467 e. The fourth-order valence-electron chi connectivity index (χ4n) is 9.01. The topological polar surface area (TPSA) is 127 Å². The van der Waals surface area contributed by atoms with Gasteiger partial charge < -0.3 is 18.7 Å². The zero-order valence-corrected chi connectivity index (χ0v) is 26.3. The molecule has 2 saturated heterocycles. The summed E-state index contributed by atoms with van der Waals surface area (Å²) in [6.07, 6.45) is 11.7. The van der Waals surface area contributed by atoms with Crippen molar-refractivity contribution in [3.05, 3.63) is 34.4 Å². The molecule has 0 unspecified atom stereocenters. The van der Waals surface area contributed by atoms with Crippen molar-refractivity contribution in [1.82, 2.24) is 29.2 Å². The van der Waals surface area contributed by atoms with Crippen molar-refractivity contribution >= 4 is 16.9 Å². The highest BCUT2D eigenvalue weighted by molar-refractivity contribution is 5.87. The molecule has 0 aromatic carbocycles. The first-order chi connectivity index (χ1) is 21.9. The first-order valence-electron chi connectivity index (χ1n) is 16.7. The van der Waals surface area contributed by atoms with Crippen LogP contribution in [0.15, 0.2) is 22.0 Å². The average molecular weight is 619 g/mol. The highest BCUT2D eigenvalue weighted by atomic mass is 16.7. The van der Waals surface area contributed by atoms with Gasteiger partial charge in [-0.1, -0.05) is 18.2 Å². The van der Waals surface area contributed by atoms with E-state index in [-0.39, 0.29) is 29.5 Å². The van der Waals surface area contributed by atoms with Gasteiger partial charge in [0.05, 0.1) is 36.4 Å². The van der Waals surface area contributed by atoms with Gasteiger partial charge in [0.1, 0.15) is 6.10 Å². The summed E-state index contributed by atoms with van der Waals surface area (Å²) in [6.45, 7) is 6.21. The monoisotopic (exact) mass is 618 g/mol. The number of aryl methyl sites for hydroxylation is 1. The lowest BCUT2D eigenvalue weighted by Gasteiger charge is -2.50. The van der Waals surface area contributed by atoms with Gasteiger partial charge in [-0.2, -0.15) is 4.98 Å². The number of carbonyl (C=O) groups is 1. The van der Waals surface area contributed by atoms with Gasteiger partial charge in [-0.15, -0.1) is 0 Å². The molecule has 4 atom stereocenters. The number of ether oxygens (including phenoxy) is 3. The van der Waals surface area contributed by atoms with Crippen molar-refractivity contribution in [1.29, 1.82) is 0 Å². The summed E-state index contributed by atoms with van der Waals surface area (Å²) < 4.78 is 28.7. The minimum atomic E-state index is -0.694. The number of nitrogens with zero attached hydrogens (tertiary/aromatic N) is 6. The number of hydrogen-bond acceptors (Lipinski definition) is 10. The lowest BCUT2D eigenvalue weighted by Crippen LogP contribution is -2.56. The van der Waals surface area contributed by atoms with Crippen LogP contribution in [0.5, 0.6) is 5.88 Å². The maximum absolute atomic E-state index is 13.8. The summed E-state index contributed by atoms with van der Waals surface area (Å²) in [6, 6.07) is -0.447. The summed E-state index contributed by atoms with van der Waals surface area (Å²) >= 11 is 0. The summed E-state index contributed by atoms with van der Waals surface area (Å²) in [5, 5.41) is 4.72. The quantitative estimate of drug-likeness (QED) is 0.374. The number of likely N-dealkylation sites (tertiary alicyclic amines) is 1. The summed E-state index contributed by atoms with van der Waals surface area (Å²) in [4.78, 5) is 39.0. The molecule has 5 heterocycles. The van der Waals surface area contributed by atoms with Crippen molar-refractivity contribution in [2.75, 3.05) is 26.8 Å². The second-order valence-corrected chi connectivity index (χ2v) is 13.6. The number of ketones is 1. The van der Waals surface area contributed by atoms with E-state index in [9.17, 15) is 9.59 Å². The van der Waals surface area contributed by atoms with Gasteiger partial charge in [-0.3, -0.25) is 18.8 Å². The van der Waals surface area contributed by atoms with Crippen molar-refractivity contribution < 1.29 is 23.5 Å². The SMILES string of the molecule is C=C[C@H](Oc1nc(-c2onc3c2CCC[C@@]32CCCCC23OCCO3)nc2c1n(C)c(=O)n2[C@H]1CCCC1=O)[C@@H]1CCCN1C. The molecule has 2 saturated carbocycles. The Hall–Kier alpha value is -3.35. The zero-order chi connectivity index (χ0) is 30.9. The maximum atomic E-state index is 13.8. The predicted molar refractivity (Wildman–Crippen MR) is 164 cm³/mol. The van der Waals surface area contributed by atoms with Crippen LogP contribution in [-0.2, 0) is 33.2 Å². The molecule has 2 spiro atoms. The van der Waals surface area contributed by atoms with Crippen LogP contribution in [0.1, 0.15) is 87.9 Å². The molecule has 0 amide bonds. The van der Waals surface area contributed by atoms with Gasteiger partial charge in [0, 0.05) is 25.5 Å². The van der Waals surface area contributed by atoms with Crippen molar-refractivity contribution in [2.45, 2.75) is 106 Å². The van der Waals surface area contributed by atoms with Crippen LogP contribution in [0.4, 0.5) is 0 Å². The van der Waals surface area contributed by atoms with Gasteiger partial charge >= 0.3 is 5.69 Å². The molecule has 3 aliphatic carbocycles. The first kappa shape index (κ1) is 29.1. The Kier molecular flexibility index (Phi) is 7.03. The Bertz CT molecular complexity index is 1720. The van der Waals surface area contributed by atoms with Crippen LogP contribution < -0.4 is 10.4 Å². The fraction of sp³-hybridized carbons (Fsp3) is 0.667. The molecule has 5 aliphatic rings. The molecule has 0 bridgehead atoms. The smallest absolute Gasteiger partial charge is 0.330 e. The Morgan fingerprint density at radius 2 is 1.80 bits per heavy atom. The molecule has 0 N–H and O–H groups in total. The van der Waals surface area contributed by atoms with Crippen LogP contribution in [0, 0.1) is 0 Å². The van der Waals surface area contributed by atoms with Crippen LogP contribution in [0.2, 0.25) is 0 Å². The average Bonchev–Trinajstić information content (AvgIpc) is 3.88. The van der Waals surface area contributed by atoms with E-state index in [1.54, 1.807) is 13.1 Å². The fourth-order valence-corrected chi connectivity index (χ4v) is 9.01. The number of carbonyl (C=O) groups excluding carboxylic acids is 1. The molecule has 3 aromatic heterocycles. The molecular formula is C33H42N6O6. The maximum Gasteiger partial charge on any atom is 0.330 e. The highest BCUT2D eigenvalue weighted by Gasteiger charge is 2.61. The van der Waals surface area contributed by atoms with Crippen molar-refractivity contribution in [3.63, 3.8) is 0 Å². The van der Waals surface area contributed by atoms with Gasteiger partial charge in [0.15, 0.2) is 22.7 Å². The molecule has 12 heteroatoms. The molecule has 240 valence electrons. The first-order valence-corrected chi connectivity index (χ1v) is 16.7. The summed E-state index contributed by atoms with van der Waals surface area (Å²) in [5.41, 5.74) is 1.96. The van der Waals surface area contributed by atoms with Gasteiger partial charge in [0.2, 0.25) is 17.5 Å². The van der Waals surface area contributed by atoms with Crippen LogP contribution in [0.25, 0.3) is 22.7 Å². The van der Waals surface area contributed by atoms with Crippen molar-refractivity contribution in [3.8, 4) is 17.5 Å². The third-order valence-electron chi connectivity index (χ3n) is 11.2. The number of rotatable bonds is 6. The van der Waals surface area contributed by atoms with Gasteiger partial charge in [-0.05, 0) is 77.5 Å². The number of fused-ring (bicyclic) bond motifs is 4. The zero-order valence-electron chi connectivity index (χ0n) is 26.3. The van der Waals surface area contributed by atoms with E-state index in [0.29, 0.717) is 48.8 Å². The van der Waals surface area contributed by atoms with Gasteiger partial charge in [-0.25, -0.2) is 9.78 Å². The number of imidazole rings is 1. The van der Waals surface area contributed by atoms with Gasteiger partial charge in [0.25, 0.3) is 0 Å². The number of hydrogen-bond donors (Lipinski definition) is 0. The molecule has 2 aliphatic heterocycles. The third kappa shape index (κ3) is 4.24. The van der Waals surface area contributed by atoms with E-state index in [1.807, 2.05) is 0 Å². The third-order valence-corrected chi connectivity index (χ3v) is 11.2. The molecule has 3 aromatic rings. The Balaban J connectivity index is 1.30. The molecule has 0 radical (unpaired) electrons. The van der Waals surface area contributed by atoms with E-state index < -0.39 is 17.2 Å². The Morgan fingerprint density at radius 1 is 1.00 bits per heavy atom. The predicted octanol–water partition coefficient (Wildman–Crippen LogP) is 4.00. The summed E-state index contributed by atoms with van der Waals surface area (Å²) in [5.74, 6) is 0.399. The molecular weight excluding hydrogens is 576 g/mol. The minimum Gasteiger partial charge on any atom is -0.467 e. The standard InChI is InChI=1S/C33H42N6O6/c1-4-24(22-12-9-17-37(22)2)44-30-25-29(39(31(41)38(25)3)21-11-7-13-23(21)40)34-28(35-30)26-20-10-8-15-32(27(20)36-45-26)14-5-6-16-33(32)42-18-19-43-33/h4,21-22,24H,1,5-19H2,2-3H3/t21-,22-,24-,32-/m0/s1. The summed E-state index contributed by atoms with van der Waals surface area (Å²) in [7, 11) is 3.77. The van der Waals surface area contributed by atoms with Crippen LogP contribution in [-0.4, -0.2) is 79.7 Å². The van der Waals surface area contributed by atoms with E-state index in [0.717, 1.165) is 82.0 Å². The lowest BCUT2D eigenvalue weighted by molar-refractivity contribution is -0.231. The number of Topliss-reactive ketones (excluding diaryl/α,β-unsaturated/α-hetero) is 1. The number of likely N-dealkylation sites (N-methyl/N-ethyl adjacent to an activating group) is 1.